The summed E-state index contributed by atoms with van der Waals surface area (Å²) in [5, 5.41) is 0. The van der Waals surface area contributed by atoms with Crippen molar-refractivity contribution in [2.45, 2.75) is 36.5 Å². The van der Waals surface area contributed by atoms with Gasteiger partial charge >= 0.3 is 0 Å². The van der Waals surface area contributed by atoms with Crippen molar-refractivity contribution in [2.24, 2.45) is 5.73 Å². The van der Waals surface area contributed by atoms with E-state index in [-0.39, 0.29) is 4.87 Å². The lowest BCUT2D eigenvalue weighted by atomic mass is 10.1. The van der Waals surface area contributed by atoms with Gasteiger partial charge < -0.3 is 5.73 Å². The Labute approximate surface area is 83.7 Å². The van der Waals surface area contributed by atoms with Gasteiger partial charge in [0, 0.05) is 4.90 Å². The molecular formula is C11H15NS. The highest BCUT2D eigenvalue weighted by molar-refractivity contribution is 8.01. The van der Waals surface area contributed by atoms with Crippen LogP contribution in [0.3, 0.4) is 0 Å². The lowest BCUT2D eigenvalue weighted by Crippen LogP contribution is -2.15. The molecule has 0 radical (unpaired) electrons. The lowest BCUT2D eigenvalue weighted by Gasteiger charge is -2.09. The fourth-order valence-corrected chi connectivity index (χ4v) is 2.38. The van der Waals surface area contributed by atoms with Crippen molar-refractivity contribution in [2.75, 3.05) is 0 Å². The maximum absolute atomic E-state index is 6.03. The van der Waals surface area contributed by atoms with Crippen molar-refractivity contribution < 1.29 is 0 Å². The van der Waals surface area contributed by atoms with Crippen LogP contribution in [0, 0.1) is 13.8 Å². The summed E-state index contributed by atoms with van der Waals surface area (Å²) in [7, 11) is 0. The van der Waals surface area contributed by atoms with E-state index in [4.69, 9.17) is 5.73 Å². The molecule has 0 aromatic heterocycles. The molecule has 0 atom stereocenters. The Hall–Kier alpha value is -0.470. The van der Waals surface area contributed by atoms with Crippen molar-refractivity contribution in [3.05, 3.63) is 29.3 Å². The standard InChI is InChI=1S/C11H15NS/c1-8-3-4-10(7-9(8)2)13-11(12)5-6-11/h3-4,7H,5-6,12H2,1-2H3. The Balaban J connectivity index is 2.17. The van der Waals surface area contributed by atoms with Crippen LogP contribution in [0.25, 0.3) is 0 Å². The number of thioether (sulfide) groups is 1. The summed E-state index contributed by atoms with van der Waals surface area (Å²) in [4.78, 5) is 1.37. The molecule has 0 heterocycles. The summed E-state index contributed by atoms with van der Waals surface area (Å²) in [5.41, 5.74) is 8.74. The Morgan fingerprint density at radius 1 is 1.23 bits per heavy atom. The second-order valence-electron chi connectivity index (χ2n) is 3.91. The zero-order valence-corrected chi connectivity index (χ0v) is 8.95. The van der Waals surface area contributed by atoms with Gasteiger partial charge in [-0.15, -0.1) is 11.8 Å². The molecule has 0 amide bonds. The van der Waals surface area contributed by atoms with Crippen molar-refractivity contribution in [1.29, 1.82) is 0 Å². The van der Waals surface area contributed by atoms with Crippen LogP contribution in [0.4, 0.5) is 0 Å². The largest absolute Gasteiger partial charge is 0.317 e. The van der Waals surface area contributed by atoms with E-state index in [1.54, 1.807) is 0 Å². The Bertz CT molecular complexity index is 329. The topological polar surface area (TPSA) is 26.0 Å². The molecule has 2 N–H and O–H groups in total. The van der Waals surface area contributed by atoms with Crippen LogP contribution >= 0.6 is 11.8 Å². The third-order valence-electron chi connectivity index (χ3n) is 2.54. The predicted molar refractivity (Wildman–Crippen MR) is 57.9 cm³/mol. The fourth-order valence-electron chi connectivity index (χ4n) is 1.24. The molecule has 0 unspecified atom stereocenters. The minimum atomic E-state index is 0.0572. The van der Waals surface area contributed by atoms with E-state index in [0.717, 1.165) is 12.8 Å². The highest BCUT2D eigenvalue weighted by Gasteiger charge is 2.39. The molecule has 1 aromatic carbocycles. The first-order valence-electron chi connectivity index (χ1n) is 4.64. The van der Waals surface area contributed by atoms with Crippen LogP contribution in [0.15, 0.2) is 23.1 Å². The van der Waals surface area contributed by atoms with Gasteiger partial charge in [0.25, 0.3) is 0 Å². The molecule has 1 nitrogen and oxygen atoms in total. The minimum Gasteiger partial charge on any atom is -0.317 e. The second kappa shape index (κ2) is 3.03. The average molecular weight is 193 g/mol. The third kappa shape index (κ3) is 2.06. The average Bonchev–Trinajstić information content (AvgIpc) is 2.76. The lowest BCUT2D eigenvalue weighted by molar-refractivity contribution is 0.981. The van der Waals surface area contributed by atoms with E-state index >= 15 is 0 Å². The molecule has 2 rings (SSSR count). The highest BCUT2D eigenvalue weighted by atomic mass is 32.2. The monoisotopic (exact) mass is 193 g/mol. The normalized spacial score (nSPS) is 18.7. The molecule has 13 heavy (non-hydrogen) atoms. The molecule has 0 saturated heterocycles. The number of benzene rings is 1. The minimum absolute atomic E-state index is 0.0572. The Morgan fingerprint density at radius 2 is 1.92 bits per heavy atom. The van der Waals surface area contributed by atoms with E-state index in [9.17, 15) is 0 Å². The molecule has 1 fully saturated rings. The predicted octanol–water partition coefficient (Wildman–Crippen LogP) is 2.84. The number of rotatable bonds is 2. The van der Waals surface area contributed by atoms with Gasteiger partial charge in [0.05, 0.1) is 4.87 Å². The summed E-state index contributed by atoms with van der Waals surface area (Å²) >= 11 is 1.81. The summed E-state index contributed by atoms with van der Waals surface area (Å²) in [6.07, 6.45) is 2.31. The molecule has 1 aliphatic rings. The van der Waals surface area contributed by atoms with Gasteiger partial charge in [-0.1, -0.05) is 6.07 Å². The van der Waals surface area contributed by atoms with Gasteiger partial charge in [0.1, 0.15) is 0 Å². The van der Waals surface area contributed by atoms with Gasteiger partial charge in [0.15, 0.2) is 0 Å². The maximum Gasteiger partial charge on any atom is 0.0668 e. The smallest absolute Gasteiger partial charge is 0.0668 e. The zero-order valence-electron chi connectivity index (χ0n) is 8.13. The third-order valence-corrected chi connectivity index (χ3v) is 3.85. The second-order valence-corrected chi connectivity index (χ2v) is 5.40. The number of hydrogen-bond donors (Lipinski definition) is 1. The van der Waals surface area contributed by atoms with E-state index in [1.165, 1.54) is 16.0 Å². The molecule has 0 spiro atoms. The van der Waals surface area contributed by atoms with Gasteiger partial charge in [-0.2, -0.15) is 0 Å². The van der Waals surface area contributed by atoms with Crippen LogP contribution in [0.1, 0.15) is 24.0 Å². The van der Waals surface area contributed by atoms with Crippen LogP contribution in [-0.2, 0) is 0 Å². The molecule has 1 aromatic rings. The maximum atomic E-state index is 6.03. The first kappa shape index (κ1) is 9.10. The quantitative estimate of drug-likeness (QED) is 0.731. The first-order valence-corrected chi connectivity index (χ1v) is 5.46. The summed E-state index contributed by atoms with van der Waals surface area (Å²) < 4.78 is 0. The van der Waals surface area contributed by atoms with Gasteiger partial charge in [-0.3, -0.25) is 0 Å². The van der Waals surface area contributed by atoms with Crippen molar-refractivity contribution in [3.63, 3.8) is 0 Å². The SMILES string of the molecule is Cc1ccc(SC2(N)CC2)cc1C. The molecule has 1 saturated carbocycles. The van der Waals surface area contributed by atoms with Gasteiger partial charge in [-0.25, -0.2) is 0 Å². The molecule has 2 heteroatoms. The van der Waals surface area contributed by atoms with Crippen LogP contribution in [0.2, 0.25) is 0 Å². The molecule has 1 aliphatic carbocycles. The summed E-state index contributed by atoms with van der Waals surface area (Å²) in [6.45, 7) is 4.29. The van der Waals surface area contributed by atoms with E-state index in [1.807, 2.05) is 11.8 Å². The van der Waals surface area contributed by atoms with Crippen molar-refractivity contribution >= 4 is 11.8 Å². The summed E-state index contributed by atoms with van der Waals surface area (Å²) in [6, 6.07) is 6.57. The van der Waals surface area contributed by atoms with Crippen molar-refractivity contribution in [3.8, 4) is 0 Å². The molecular weight excluding hydrogens is 178 g/mol. The zero-order chi connectivity index (χ0) is 9.47. The van der Waals surface area contributed by atoms with Gasteiger partial charge in [0.2, 0.25) is 0 Å². The fraction of sp³-hybridized carbons (Fsp3) is 0.455. The van der Waals surface area contributed by atoms with E-state index in [2.05, 4.69) is 32.0 Å². The molecule has 70 valence electrons. The van der Waals surface area contributed by atoms with Crippen molar-refractivity contribution in [1.82, 2.24) is 0 Å². The number of nitrogens with two attached hydrogens (primary N) is 1. The van der Waals surface area contributed by atoms with Crippen LogP contribution in [-0.4, -0.2) is 4.87 Å². The molecule has 0 aliphatic heterocycles. The van der Waals surface area contributed by atoms with Gasteiger partial charge in [-0.05, 0) is 49.9 Å². The van der Waals surface area contributed by atoms with E-state index in [0.29, 0.717) is 0 Å². The van der Waals surface area contributed by atoms with E-state index < -0.39 is 0 Å². The first-order chi connectivity index (χ1) is 6.09. The van der Waals surface area contributed by atoms with Crippen LogP contribution < -0.4 is 5.73 Å². The Morgan fingerprint density at radius 3 is 2.46 bits per heavy atom. The summed E-state index contributed by atoms with van der Waals surface area (Å²) in [5.74, 6) is 0. The van der Waals surface area contributed by atoms with Crippen LogP contribution in [0.5, 0.6) is 0 Å². The number of aryl methyl sites for hydroxylation is 2. The highest BCUT2D eigenvalue weighted by Crippen LogP contribution is 2.47. The number of hydrogen-bond acceptors (Lipinski definition) is 2. The Kier molecular flexibility index (Phi) is 2.12. The molecule has 0 bridgehead atoms.